The molecule has 14 rings (SSSR count). The van der Waals surface area contributed by atoms with Crippen molar-refractivity contribution in [3.63, 3.8) is 0 Å². The second kappa shape index (κ2) is 14.8. The lowest BCUT2D eigenvalue weighted by atomic mass is 9.99. The van der Waals surface area contributed by atoms with E-state index in [1.165, 1.54) is 97.5 Å². The standard InChI is InChI=1S/C64H44N4/c1-65-59-33-31-56-55(63(59)57-29-27-53(39-61(57)65)67(49-23-19-41-11-3-7-15-45(41)35-49)50-24-20-42-12-4-8-16-46(42)36-50)32-34-60-64(56)58-30-28-54(40-62(58)66(60)2)68(51-25-21-43-13-5-9-17-47(43)37-51)52-26-22-44-14-6-10-18-48(44)38-52/h3-40H,1-2H3. The molecule has 0 aliphatic heterocycles. The van der Waals surface area contributed by atoms with Crippen LogP contribution in [0.2, 0.25) is 0 Å². The van der Waals surface area contributed by atoms with Crippen molar-refractivity contribution < 1.29 is 0 Å². The van der Waals surface area contributed by atoms with Gasteiger partial charge in [-0.2, -0.15) is 0 Å². The zero-order valence-electron chi connectivity index (χ0n) is 37.7. The van der Waals surface area contributed by atoms with Gasteiger partial charge in [0.15, 0.2) is 0 Å². The minimum Gasteiger partial charge on any atom is -0.344 e. The Kier molecular flexibility index (Phi) is 8.38. The Morgan fingerprint density at radius 2 is 0.500 bits per heavy atom. The molecule has 14 aromatic rings. The molecule has 0 unspecified atom stereocenters. The van der Waals surface area contributed by atoms with Crippen molar-refractivity contribution in [2.45, 2.75) is 0 Å². The summed E-state index contributed by atoms with van der Waals surface area (Å²) in [6.45, 7) is 0. The van der Waals surface area contributed by atoms with Gasteiger partial charge in [-0.15, -0.1) is 0 Å². The summed E-state index contributed by atoms with van der Waals surface area (Å²) < 4.78 is 4.75. The molecule has 0 atom stereocenters. The lowest BCUT2D eigenvalue weighted by Crippen LogP contribution is -2.10. The van der Waals surface area contributed by atoms with Crippen LogP contribution >= 0.6 is 0 Å². The van der Waals surface area contributed by atoms with E-state index < -0.39 is 0 Å². The maximum Gasteiger partial charge on any atom is 0.0509 e. The molecule has 0 N–H and O–H groups in total. The molecule has 0 spiro atoms. The van der Waals surface area contributed by atoms with Gasteiger partial charge in [-0.25, -0.2) is 0 Å². The first-order chi connectivity index (χ1) is 33.5. The van der Waals surface area contributed by atoms with E-state index in [0.29, 0.717) is 0 Å². The van der Waals surface area contributed by atoms with Crippen molar-refractivity contribution in [1.82, 2.24) is 9.13 Å². The third kappa shape index (κ3) is 5.87. The number of hydrogen-bond acceptors (Lipinski definition) is 2. The Balaban J connectivity index is 0.933. The number of hydrogen-bond donors (Lipinski definition) is 0. The zero-order chi connectivity index (χ0) is 45.0. The van der Waals surface area contributed by atoms with Crippen molar-refractivity contribution in [1.29, 1.82) is 0 Å². The van der Waals surface area contributed by atoms with Crippen molar-refractivity contribution in [2.75, 3.05) is 9.80 Å². The van der Waals surface area contributed by atoms with E-state index in [0.717, 1.165) is 34.1 Å². The molecule has 0 aliphatic rings. The van der Waals surface area contributed by atoms with Gasteiger partial charge in [-0.05, 0) is 139 Å². The molecule has 0 radical (unpaired) electrons. The molecule has 0 bridgehead atoms. The summed E-state index contributed by atoms with van der Waals surface area (Å²) in [7, 11) is 4.43. The minimum absolute atomic E-state index is 1.12. The first kappa shape index (κ1) is 38.4. The molecule has 68 heavy (non-hydrogen) atoms. The summed E-state index contributed by atoms with van der Waals surface area (Å²) in [6.07, 6.45) is 0. The molecule has 2 heterocycles. The van der Waals surface area contributed by atoms with E-state index in [2.05, 4.69) is 264 Å². The van der Waals surface area contributed by atoms with Crippen LogP contribution in [0.4, 0.5) is 34.1 Å². The number of aromatic nitrogens is 2. The van der Waals surface area contributed by atoms with E-state index in [-0.39, 0.29) is 0 Å². The number of fused-ring (bicyclic) bond motifs is 13. The molecule has 0 saturated carbocycles. The predicted octanol–water partition coefficient (Wildman–Crippen LogP) is 17.7. The quantitative estimate of drug-likeness (QED) is 0.166. The summed E-state index contributed by atoms with van der Waals surface area (Å²) in [6, 6.07) is 85.1. The molecular formula is C64H44N4. The minimum atomic E-state index is 1.12. The number of benzene rings is 12. The van der Waals surface area contributed by atoms with Crippen LogP contribution < -0.4 is 9.80 Å². The lowest BCUT2D eigenvalue weighted by Gasteiger charge is -2.26. The first-order valence-corrected chi connectivity index (χ1v) is 23.4. The lowest BCUT2D eigenvalue weighted by molar-refractivity contribution is 1.01. The summed E-state index contributed by atoms with van der Waals surface area (Å²) in [5.74, 6) is 0. The highest BCUT2D eigenvalue weighted by molar-refractivity contribution is 6.29. The van der Waals surface area contributed by atoms with Gasteiger partial charge in [0.05, 0.1) is 11.0 Å². The second-order valence-electron chi connectivity index (χ2n) is 18.3. The summed E-state index contributed by atoms with van der Waals surface area (Å²) in [5.41, 5.74) is 11.6. The van der Waals surface area contributed by atoms with Crippen LogP contribution in [0.25, 0.3) is 97.5 Å². The largest absolute Gasteiger partial charge is 0.344 e. The molecule has 12 aromatic carbocycles. The molecule has 4 heteroatoms. The molecule has 0 fully saturated rings. The Morgan fingerprint density at radius 3 is 0.824 bits per heavy atom. The third-order valence-corrected chi connectivity index (χ3v) is 14.6. The molecule has 0 aliphatic carbocycles. The number of rotatable bonds is 6. The molecular weight excluding hydrogens is 825 g/mol. The Hall–Kier alpha value is -8.86. The number of aryl methyl sites for hydroxylation is 2. The fourth-order valence-corrected chi connectivity index (χ4v) is 11.2. The fourth-order valence-electron chi connectivity index (χ4n) is 11.2. The monoisotopic (exact) mass is 868 g/mol. The van der Waals surface area contributed by atoms with Crippen molar-refractivity contribution in [3.05, 3.63) is 231 Å². The van der Waals surface area contributed by atoms with Gasteiger partial charge in [-0.1, -0.05) is 146 Å². The highest BCUT2D eigenvalue weighted by Gasteiger charge is 2.21. The van der Waals surface area contributed by atoms with E-state index in [4.69, 9.17) is 0 Å². The average molecular weight is 869 g/mol. The van der Waals surface area contributed by atoms with E-state index >= 15 is 0 Å². The highest BCUT2D eigenvalue weighted by atomic mass is 15.1. The zero-order valence-corrected chi connectivity index (χ0v) is 37.7. The van der Waals surface area contributed by atoms with Crippen LogP contribution in [0.15, 0.2) is 231 Å². The predicted molar refractivity (Wildman–Crippen MR) is 291 cm³/mol. The topological polar surface area (TPSA) is 16.3 Å². The van der Waals surface area contributed by atoms with Gasteiger partial charge in [0.25, 0.3) is 0 Å². The van der Waals surface area contributed by atoms with Crippen LogP contribution in [-0.2, 0) is 14.1 Å². The average Bonchev–Trinajstić information content (AvgIpc) is 3.85. The van der Waals surface area contributed by atoms with E-state index in [1.807, 2.05) is 0 Å². The van der Waals surface area contributed by atoms with Crippen LogP contribution in [-0.4, -0.2) is 9.13 Å². The second-order valence-corrected chi connectivity index (χ2v) is 18.3. The smallest absolute Gasteiger partial charge is 0.0509 e. The van der Waals surface area contributed by atoms with Gasteiger partial charge >= 0.3 is 0 Å². The molecule has 320 valence electrons. The third-order valence-electron chi connectivity index (χ3n) is 14.6. The normalized spacial score (nSPS) is 12.0. The van der Waals surface area contributed by atoms with Crippen LogP contribution in [0, 0.1) is 0 Å². The number of anilines is 6. The van der Waals surface area contributed by atoms with Crippen LogP contribution in [0.1, 0.15) is 0 Å². The highest BCUT2D eigenvalue weighted by Crippen LogP contribution is 2.45. The van der Waals surface area contributed by atoms with Gasteiger partial charge < -0.3 is 18.9 Å². The van der Waals surface area contributed by atoms with Gasteiger partial charge in [-0.3, -0.25) is 0 Å². The van der Waals surface area contributed by atoms with E-state index in [1.54, 1.807) is 0 Å². The van der Waals surface area contributed by atoms with Crippen molar-refractivity contribution in [2.24, 2.45) is 14.1 Å². The summed E-state index contributed by atoms with van der Waals surface area (Å²) in [5, 5.41) is 17.4. The van der Waals surface area contributed by atoms with Gasteiger partial charge in [0.1, 0.15) is 0 Å². The Morgan fingerprint density at radius 1 is 0.235 bits per heavy atom. The van der Waals surface area contributed by atoms with Gasteiger partial charge in [0.2, 0.25) is 0 Å². The van der Waals surface area contributed by atoms with Gasteiger partial charge in [0, 0.05) is 80.8 Å². The first-order valence-electron chi connectivity index (χ1n) is 23.4. The molecule has 0 saturated heterocycles. The summed E-state index contributed by atoms with van der Waals surface area (Å²) in [4.78, 5) is 4.81. The maximum absolute atomic E-state index is 2.41. The van der Waals surface area contributed by atoms with E-state index in [9.17, 15) is 0 Å². The van der Waals surface area contributed by atoms with Crippen molar-refractivity contribution in [3.8, 4) is 0 Å². The molecule has 4 nitrogen and oxygen atoms in total. The molecule has 0 amide bonds. The fraction of sp³-hybridized carbons (Fsp3) is 0.0312. The molecule has 2 aromatic heterocycles. The maximum atomic E-state index is 2.41. The van der Waals surface area contributed by atoms with Crippen LogP contribution in [0.5, 0.6) is 0 Å². The van der Waals surface area contributed by atoms with Crippen LogP contribution in [0.3, 0.4) is 0 Å². The Bertz CT molecular complexity index is 3940. The Labute approximate surface area is 393 Å². The summed E-state index contributed by atoms with van der Waals surface area (Å²) >= 11 is 0. The van der Waals surface area contributed by atoms with Crippen molar-refractivity contribution >= 4 is 132 Å². The number of nitrogens with zero attached hydrogens (tertiary/aromatic N) is 4. The SMILES string of the molecule is Cn1c2cc(N(c3ccc4ccccc4c3)c3ccc4ccccc4c3)ccc2c2c3ccc4c(c3ccc21)c1ccc(N(c2ccc3ccccc3c2)c2ccc3ccccc3c2)cc1n4C.